The molecular formula is C16H12Cl4N2O3S. The predicted molar refractivity (Wildman–Crippen MR) is 104 cm³/mol. The van der Waals surface area contributed by atoms with Crippen molar-refractivity contribution in [1.29, 1.82) is 0 Å². The molecule has 1 aromatic heterocycles. The molecule has 138 valence electrons. The molecule has 1 amide bonds. The highest BCUT2D eigenvalue weighted by molar-refractivity contribution is 7.14. The standard InChI is InChI=1S/C16H12Cl4N2O3S/c1-15(7-16(15,19)20)13(24)25-5-12(23)22-14-21-11(6-26-14)8-2-3-9(17)10(18)4-8/h2-4,6H,5,7H2,1H3,(H,21,22,23)/t15-/m0/s1. The van der Waals surface area contributed by atoms with E-state index in [0.29, 0.717) is 27.3 Å². The number of halogens is 4. The number of aromatic nitrogens is 1. The molecule has 1 fully saturated rings. The van der Waals surface area contributed by atoms with Crippen molar-refractivity contribution in [2.75, 3.05) is 11.9 Å². The summed E-state index contributed by atoms with van der Waals surface area (Å²) in [4.78, 5) is 28.2. The molecule has 2 aromatic rings. The quantitative estimate of drug-likeness (QED) is 0.500. The lowest BCUT2D eigenvalue weighted by atomic mass is 10.1. The van der Waals surface area contributed by atoms with Gasteiger partial charge in [-0.3, -0.25) is 14.9 Å². The van der Waals surface area contributed by atoms with Crippen molar-refractivity contribution in [3.63, 3.8) is 0 Å². The molecule has 1 atom stereocenters. The Labute approximate surface area is 173 Å². The second-order valence-electron chi connectivity index (χ2n) is 6.00. The van der Waals surface area contributed by atoms with E-state index in [0.717, 1.165) is 5.56 Å². The van der Waals surface area contributed by atoms with Crippen LogP contribution in [0.3, 0.4) is 0 Å². The summed E-state index contributed by atoms with van der Waals surface area (Å²) in [6, 6.07) is 5.13. The lowest BCUT2D eigenvalue weighted by Crippen LogP contribution is -2.26. The maximum absolute atomic E-state index is 11.9. The highest BCUT2D eigenvalue weighted by Gasteiger charge is 2.69. The van der Waals surface area contributed by atoms with Crippen molar-refractivity contribution < 1.29 is 14.3 Å². The van der Waals surface area contributed by atoms with Gasteiger partial charge < -0.3 is 4.74 Å². The number of nitrogens with zero attached hydrogens (tertiary/aromatic N) is 1. The first-order valence-electron chi connectivity index (χ1n) is 7.38. The van der Waals surface area contributed by atoms with Gasteiger partial charge in [0.25, 0.3) is 5.91 Å². The van der Waals surface area contributed by atoms with Crippen molar-refractivity contribution in [3.8, 4) is 11.3 Å². The molecule has 0 bridgehead atoms. The largest absolute Gasteiger partial charge is 0.455 e. The van der Waals surface area contributed by atoms with Crippen LogP contribution in [0.15, 0.2) is 23.6 Å². The molecule has 3 rings (SSSR count). The molecule has 1 N–H and O–H groups in total. The highest BCUT2D eigenvalue weighted by atomic mass is 35.5. The van der Waals surface area contributed by atoms with Crippen LogP contribution in [0.5, 0.6) is 0 Å². The number of thiazole rings is 1. The Bertz CT molecular complexity index is 886. The number of rotatable bonds is 5. The fourth-order valence-corrected chi connectivity index (χ4v) is 3.91. The average Bonchev–Trinajstić information content (AvgIpc) is 2.91. The van der Waals surface area contributed by atoms with Crippen molar-refractivity contribution in [2.24, 2.45) is 5.41 Å². The molecule has 1 saturated carbocycles. The van der Waals surface area contributed by atoms with Gasteiger partial charge in [-0.2, -0.15) is 0 Å². The molecule has 1 heterocycles. The molecule has 0 saturated heterocycles. The second kappa shape index (κ2) is 7.17. The third-order valence-corrected chi connectivity index (χ3v) is 6.61. The van der Waals surface area contributed by atoms with E-state index in [1.807, 2.05) is 0 Å². The Kier molecular flexibility index (Phi) is 5.43. The summed E-state index contributed by atoms with van der Waals surface area (Å²) < 4.78 is 3.85. The first kappa shape index (κ1) is 19.7. The first-order valence-corrected chi connectivity index (χ1v) is 9.77. The highest BCUT2D eigenvalue weighted by Crippen LogP contribution is 2.64. The van der Waals surface area contributed by atoms with Gasteiger partial charge in [-0.15, -0.1) is 34.5 Å². The van der Waals surface area contributed by atoms with Gasteiger partial charge in [0.2, 0.25) is 0 Å². The summed E-state index contributed by atoms with van der Waals surface area (Å²) in [6.07, 6.45) is 0.295. The number of ether oxygens (including phenoxy) is 1. The molecule has 1 aliphatic rings. The van der Waals surface area contributed by atoms with Crippen LogP contribution in [0, 0.1) is 5.41 Å². The predicted octanol–water partition coefficient (Wildman–Crippen LogP) is 5.18. The lowest BCUT2D eigenvalue weighted by Gasteiger charge is -2.11. The number of hydrogen-bond acceptors (Lipinski definition) is 5. The average molecular weight is 454 g/mol. The Balaban J connectivity index is 1.56. The zero-order valence-electron chi connectivity index (χ0n) is 13.3. The third-order valence-electron chi connectivity index (χ3n) is 4.01. The van der Waals surface area contributed by atoms with Crippen LogP contribution in [-0.2, 0) is 14.3 Å². The van der Waals surface area contributed by atoms with E-state index in [1.54, 1.807) is 30.5 Å². The monoisotopic (exact) mass is 452 g/mol. The molecule has 1 aliphatic carbocycles. The first-order chi connectivity index (χ1) is 12.1. The zero-order valence-corrected chi connectivity index (χ0v) is 17.2. The molecular weight excluding hydrogens is 442 g/mol. The van der Waals surface area contributed by atoms with E-state index in [9.17, 15) is 9.59 Å². The fraction of sp³-hybridized carbons (Fsp3) is 0.312. The number of benzene rings is 1. The minimum atomic E-state index is -1.13. The van der Waals surface area contributed by atoms with Gasteiger partial charge in [0.1, 0.15) is 9.75 Å². The summed E-state index contributed by atoms with van der Waals surface area (Å²) in [5.74, 6) is -1.11. The smallest absolute Gasteiger partial charge is 0.315 e. The van der Waals surface area contributed by atoms with Crippen molar-refractivity contribution in [3.05, 3.63) is 33.6 Å². The number of esters is 1. The van der Waals surface area contributed by atoms with Crippen LogP contribution >= 0.6 is 57.7 Å². The molecule has 0 unspecified atom stereocenters. The van der Waals surface area contributed by atoms with Crippen molar-refractivity contribution >= 4 is 74.7 Å². The Morgan fingerprint density at radius 1 is 1.31 bits per heavy atom. The Morgan fingerprint density at radius 2 is 2.00 bits per heavy atom. The molecule has 0 spiro atoms. The van der Waals surface area contributed by atoms with Crippen LogP contribution in [0.1, 0.15) is 13.3 Å². The topological polar surface area (TPSA) is 68.3 Å². The van der Waals surface area contributed by atoms with Gasteiger partial charge in [0.05, 0.1) is 15.7 Å². The Morgan fingerprint density at radius 3 is 2.62 bits per heavy atom. The van der Waals surface area contributed by atoms with Crippen LogP contribution in [0.4, 0.5) is 5.13 Å². The van der Waals surface area contributed by atoms with E-state index in [4.69, 9.17) is 51.1 Å². The van der Waals surface area contributed by atoms with Crippen LogP contribution in [0.25, 0.3) is 11.3 Å². The van der Waals surface area contributed by atoms with Crippen molar-refractivity contribution in [1.82, 2.24) is 4.98 Å². The maximum atomic E-state index is 11.9. The van der Waals surface area contributed by atoms with Crippen LogP contribution in [-0.4, -0.2) is 27.8 Å². The summed E-state index contributed by atoms with van der Waals surface area (Å²) in [5, 5.41) is 5.57. The number of alkyl halides is 2. The minimum Gasteiger partial charge on any atom is -0.455 e. The van der Waals surface area contributed by atoms with E-state index in [1.165, 1.54) is 11.3 Å². The zero-order chi connectivity index (χ0) is 19.1. The van der Waals surface area contributed by atoms with Gasteiger partial charge in [0, 0.05) is 17.4 Å². The van der Waals surface area contributed by atoms with Gasteiger partial charge in [0.15, 0.2) is 11.7 Å². The number of amides is 1. The molecule has 26 heavy (non-hydrogen) atoms. The normalized spacial score (nSPS) is 20.5. The summed E-state index contributed by atoms with van der Waals surface area (Å²) >= 11 is 24.9. The number of anilines is 1. The lowest BCUT2D eigenvalue weighted by molar-refractivity contribution is -0.152. The number of hydrogen-bond donors (Lipinski definition) is 1. The van der Waals surface area contributed by atoms with E-state index in [-0.39, 0.29) is 0 Å². The minimum absolute atomic E-state index is 0.295. The Hall–Kier alpha value is -1.05. The van der Waals surface area contributed by atoms with Gasteiger partial charge >= 0.3 is 5.97 Å². The summed E-state index contributed by atoms with van der Waals surface area (Å²) in [7, 11) is 0. The second-order valence-corrected chi connectivity index (χ2v) is 9.16. The summed E-state index contributed by atoms with van der Waals surface area (Å²) in [5.41, 5.74) is 0.434. The summed E-state index contributed by atoms with van der Waals surface area (Å²) in [6.45, 7) is 1.15. The van der Waals surface area contributed by atoms with Gasteiger partial charge in [-0.1, -0.05) is 29.3 Å². The van der Waals surface area contributed by atoms with E-state index >= 15 is 0 Å². The fourth-order valence-electron chi connectivity index (χ4n) is 2.19. The molecule has 0 aliphatic heterocycles. The number of nitrogens with one attached hydrogen (secondary N) is 1. The number of carbonyl (C=O) groups excluding carboxylic acids is 2. The number of carbonyl (C=O) groups is 2. The molecule has 10 heteroatoms. The van der Waals surface area contributed by atoms with E-state index in [2.05, 4.69) is 10.3 Å². The van der Waals surface area contributed by atoms with Gasteiger partial charge in [-0.05, 0) is 19.1 Å². The van der Waals surface area contributed by atoms with Crippen molar-refractivity contribution in [2.45, 2.75) is 17.7 Å². The van der Waals surface area contributed by atoms with Crippen LogP contribution in [0.2, 0.25) is 10.0 Å². The maximum Gasteiger partial charge on any atom is 0.315 e. The molecule has 0 radical (unpaired) electrons. The van der Waals surface area contributed by atoms with E-state index < -0.39 is 28.2 Å². The SMILES string of the molecule is C[C@@]1(C(=O)OCC(=O)Nc2nc(-c3ccc(Cl)c(Cl)c3)cs2)CC1(Cl)Cl. The van der Waals surface area contributed by atoms with Crippen LogP contribution < -0.4 is 5.32 Å². The van der Waals surface area contributed by atoms with Gasteiger partial charge in [-0.25, -0.2) is 4.98 Å². The molecule has 5 nitrogen and oxygen atoms in total. The molecule has 1 aromatic carbocycles. The third kappa shape index (κ3) is 3.94.